The Morgan fingerprint density at radius 2 is 2.50 bits per heavy atom. The van der Waals surface area contributed by atoms with E-state index in [0.29, 0.717) is 18.6 Å². The molecule has 0 aromatic carbocycles. The van der Waals surface area contributed by atoms with E-state index in [1.54, 1.807) is 0 Å². The summed E-state index contributed by atoms with van der Waals surface area (Å²) in [5, 5.41) is 0. The molecule has 3 heteroatoms. The van der Waals surface area contributed by atoms with Crippen LogP contribution in [0.5, 0.6) is 0 Å². The zero-order valence-electron chi connectivity index (χ0n) is 6.87. The highest BCUT2D eigenvalue weighted by atomic mass is 16.5. The minimum Gasteiger partial charge on any atom is -0.469 e. The summed E-state index contributed by atoms with van der Waals surface area (Å²) in [7, 11) is 1.38. The molecule has 0 aromatic heterocycles. The average Bonchev–Trinajstić information content (AvgIpc) is 2.83. The lowest BCUT2D eigenvalue weighted by molar-refractivity contribution is -0.142. The Morgan fingerprint density at radius 1 is 1.75 bits per heavy atom. The van der Waals surface area contributed by atoms with Crippen molar-refractivity contribution in [2.45, 2.75) is 12.8 Å². The van der Waals surface area contributed by atoms with Crippen LogP contribution in [0.3, 0.4) is 0 Å². The van der Waals surface area contributed by atoms with Gasteiger partial charge in [0.2, 0.25) is 0 Å². The largest absolute Gasteiger partial charge is 0.469 e. The molecule has 0 amide bonds. The Bertz CT molecular complexity index is 246. The van der Waals surface area contributed by atoms with Gasteiger partial charge in [-0.2, -0.15) is 0 Å². The van der Waals surface area contributed by atoms with Crippen LogP contribution in [0.1, 0.15) is 12.8 Å². The third-order valence-corrected chi connectivity index (χ3v) is 1.95. The van der Waals surface area contributed by atoms with Crippen LogP contribution < -0.4 is 0 Å². The molecule has 0 aliphatic heterocycles. The van der Waals surface area contributed by atoms with Gasteiger partial charge in [-0.15, -0.1) is 0 Å². The number of carbonyl (C=O) groups excluding carboxylic acids is 2. The van der Waals surface area contributed by atoms with E-state index >= 15 is 0 Å². The van der Waals surface area contributed by atoms with Crippen molar-refractivity contribution in [3.05, 3.63) is 0 Å². The number of aldehydes is 1. The van der Waals surface area contributed by atoms with Crippen molar-refractivity contribution in [1.29, 1.82) is 0 Å². The number of esters is 1. The average molecular weight is 166 g/mol. The highest BCUT2D eigenvalue weighted by molar-refractivity contribution is 5.76. The second-order valence-electron chi connectivity index (χ2n) is 2.77. The van der Waals surface area contributed by atoms with E-state index in [-0.39, 0.29) is 11.9 Å². The van der Waals surface area contributed by atoms with E-state index in [9.17, 15) is 9.59 Å². The van der Waals surface area contributed by atoms with E-state index in [1.165, 1.54) is 7.11 Å². The van der Waals surface area contributed by atoms with Crippen molar-refractivity contribution in [2.24, 2.45) is 11.8 Å². The molecule has 0 bridgehead atoms. The Kier molecular flexibility index (Phi) is 2.87. The monoisotopic (exact) mass is 166 g/mol. The van der Waals surface area contributed by atoms with Crippen molar-refractivity contribution < 1.29 is 14.3 Å². The third kappa shape index (κ3) is 2.09. The number of hydrogen-bond donors (Lipinski definition) is 0. The topological polar surface area (TPSA) is 43.4 Å². The summed E-state index contributed by atoms with van der Waals surface area (Å²) >= 11 is 0. The Morgan fingerprint density at radius 3 is 3.08 bits per heavy atom. The molecule has 3 nitrogen and oxygen atoms in total. The summed E-state index contributed by atoms with van der Waals surface area (Å²) in [6.45, 7) is 0. The zero-order valence-corrected chi connectivity index (χ0v) is 6.87. The van der Waals surface area contributed by atoms with Gasteiger partial charge in [0.15, 0.2) is 6.29 Å². The van der Waals surface area contributed by atoms with Crippen LogP contribution in [0.15, 0.2) is 0 Å². The van der Waals surface area contributed by atoms with E-state index in [0.717, 1.165) is 6.42 Å². The molecule has 1 saturated carbocycles. The minimum absolute atomic E-state index is 0.0240. The van der Waals surface area contributed by atoms with Gasteiger partial charge in [0.1, 0.15) is 0 Å². The van der Waals surface area contributed by atoms with E-state index in [4.69, 9.17) is 0 Å². The molecule has 0 aromatic rings. The predicted octanol–water partition coefficient (Wildman–Crippen LogP) is 0.388. The van der Waals surface area contributed by atoms with Gasteiger partial charge in [-0.05, 0) is 18.3 Å². The van der Waals surface area contributed by atoms with Crippen LogP contribution in [0.2, 0.25) is 0 Å². The molecular weight excluding hydrogens is 156 g/mol. The zero-order chi connectivity index (χ0) is 8.97. The number of carbonyl (C=O) groups is 2. The molecule has 64 valence electrons. The SMILES string of the molecule is COC(=O)C1CC1CC#CC=O. The fourth-order valence-electron chi connectivity index (χ4n) is 1.14. The third-order valence-electron chi connectivity index (χ3n) is 1.95. The first-order valence-corrected chi connectivity index (χ1v) is 3.79. The Hall–Kier alpha value is -1.30. The molecule has 0 heterocycles. The molecule has 0 N–H and O–H groups in total. The predicted molar refractivity (Wildman–Crippen MR) is 42.1 cm³/mol. The van der Waals surface area contributed by atoms with Crippen molar-refractivity contribution in [3.8, 4) is 11.8 Å². The van der Waals surface area contributed by atoms with Crippen molar-refractivity contribution in [3.63, 3.8) is 0 Å². The van der Waals surface area contributed by atoms with Crippen molar-refractivity contribution >= 4 is 12.3 Å². The summed E-state index contributed by atoms with van der Waals surface area (Å²) in [5.74, 6) is 5.17. The van der Waals surface area contributed by atoms with Crippen LogP contribution in [0, 0.1) is 23.7 Å². The highest BCUT2D eigenvalue weighted by Gasteiger charge is 2.43. The van der Waals surface area contributed by atoms with Gasteiger partial charge in [-0.25, -0.2) is 0 Å². The Balaban J connectivity index is 2.24. The maximum absolute atomic E-state index is 10.9. The molecule has 12 heavy (non-hydrogen) atoms. The van der Waals surface area contributed by atoms with Crippen LogP contribution >= 0.6 is 0 Å². The summed E-state index contributed by atoms with van der Waals surface area (Å²) in [5.41, 5.74) is 0. The summed E-state index contributed by atoms with van der Waals surface area (Å²) < 4.78 is 4.55. The molecular formula is C9H10O3. The summed E-state index contributed by atoms with van der Waals surface area (Å²) in [4.78, 5) is 20.7. The van der Waals surface area contributed by atoms with Gasteiger partial charge in [0.05, 0.1) is 13.0 Å². The molecule has 0 spiro atoms. The lowest BCUT2D eigenvalue weighted by Gasteiger charge is -1.93. The number of hydrogen-bond acceptors (Lipinski definition) is 3. The van der Waals surface area contributed by atoms with Gasteiger partial charge in [0.25, 0.3) is 0 Å². The number of rotatable bonds is 2. The summed E-state index contributed by atoms with van der Waals surface area (Å²) in [6, 6.07) is 0. The van der Waals surface area contributed by atoms with Crippen LogP contribution in [0.4, 0.5) is 0 Å². The molecule has 1 rings (SSSR count). The second kappa shape index (κ2) is 3.91. The lowest BCUT2D eigenvalue weighted by atomic mass is 10.2. The fourth-order valence-corrected chi connectivity index (χ4v) is 1.14. The van der Waals surface area contributed by atoms with Crippen LogP contribution in [-0.2, 0) is 14.3 Å². The first kappa shape index (κ1) is 8.79. The molecule has 2 unspecified atom stereocenters. The number of ether oxygens (including phenoxy) is 1. The standard InChI is InChI=1S/C9H10O3/c1-12-9(11)8-6-7(8)4-2-3-5-10/h5,7-8H,4,6H2,1H3. The van der Waals surface area contributed by atoms with Gasteiger partial charge in [-0.1, -0.05) is 5.92 Å². The fraction of sp³-hybridized carbons (Fsp3) is 0.556. The quantitative estimate of drug-likeness (QED) is 0.338. The van der Waals surface area contributed by atoms with Gasteiger partial charge in [-0.3, -0.25) is 9.59 Å². The molecule has 1 aliphatic carbocycles. The maximum Gasteiger partial charge on any atom is 0.308 e. The van der Waals surface area contributed by atoms with Gasteiger partial charge in [0, 0.05) is 6.42 Å². The smallest absolute Gasteiger partial charge is 0.308 e. The van der Waals surface area contributed by atoms with Crippen molar-refractivity contribution in [2.75, 3.05) is 7.11 Å². The lowest BCUT2D eigenvalue weighted by Crippen LogP contribution is -2.03. The maximum atomic E-state index is 10.9. The normalized spacial score (nSPS) is 25.1. The summed E-state index contributed by atoms with van der Waals surface area (Å²) in [6.07, 6.45) is 2.04. The Labute approximate surface area is 71.1 Å². The van der Waals surface area contributed by atoms with E-state index in [1.807, 2.05) is 0 Å². The van der Waals surface area contributed by atoms with Crippen LogP contribution in [-0.4, -0.2) is 19.4 Å². The molecule has 0 radical (unpaired) electrons. The van der Waals surface area contributed by atoms with E-state index in [2.05, 4.69) is 16.6 Å². The van der Waals surface area contributed by atoms with Gasteiger partial charge >= 0.3 is 5.97 Å². The molecule has 0 saturated heterocycles. The first-order valence-electron chi connectivity index (χ1n) is 3.79. The minimum atomic E-state index is -0.159. The van der Waals surface area contributed by atoms with E-state index < -0.39 is 0 Å². The molecule has 1 aliphatic rings. The first-order chi connectivity index (χ1) is 5.79. The molecule has 2 atom stereocenters. The van der Waals surface area contributed by atoms with Gasteiger partial charge < -0.3 is 4.74 Å². The van der Waals surface area contributed by atoms with Crippen molar-refractivity contribution in [1.82, 2.24) is 0 Å². The highest BCUT2D eigenvalue weighted by Crippen LogP contribution is 2.41. The molecule has 1 fully saturated rings. The van der Waals surface area contributed by atoms with Crippen LogP contribution in [0.25, 0.3) is 0 Å². The second-order valence-corrected chi connectivity index (χ2v) is 2.77. The number of methoxy groups -OCH3 is 1.